The average Bonchev–Trinajstić information content (AvgIpc) is 1.60. The van der Waals surface area contributed by atoms with Crippen molar-refractivity contribution in [3.8, 4) is 0 Å². The van der Waals surface area contributed by atoms with E-state index in [0.29, 0.717) is 5.03 Å². The summed E-state index contributed by atoms with van der Waals surface area (Å²) in [6.07, 6.45) is 0.851. The van der Waals surface area contributed by atoms with Gasteiger partial charge in [0, 0.05) is 10.1 Å². The van der Waals surface area contributed by atoms with Crippen molar-refractivity contribution < 1.29 is 0 Å². The second kappa shape index (κ2) is 3.64. The van der Waals surface area contributed by atoms with Gasteiger partial charge in [0.15, 0.2) is 0 Å². The highest BCUT2D eigenvalue weighted by atomic mass is 35.5. The van der Waals surface area contributed by atoms with Crippen LogP contribution in [0.4, 0.5) is 0 Å². The maximum Gasteiger partial charge on any atom is 0.0328 e. The largest absolute Gasteiger partial charge is 0.0882 e. The molecular formula is C8H14Cl2. The zero-order valence-corrected chi connectivity index (χ0v) is 8.47. The minimum atomic E-state index is 0.229. The summed E-state index contributed by atoms with van der Waals surface area (Å²) in [5, 5.41) is 1.48. The van der Waals surface area contributed by atoms with Gasteiger partial charge in [0.25, 0.3) is 0 Å². The third-order valence-corrected chi connectivity index (χ3v) is 1.80. The molecule has 0 spiro atoms. The highest BCUT2D eigenvalue weighted by molar-refractivity contribution is 6.38. The van der Waals surface area contributed by atoms with Crippen molar-refractivity contribution in [2.45, 2.75) is 34.1 Å². The number of hydrogen-bond acceptors (Lipinski definition) is 0. The van der Waals surface area contributed by atoms with Crippen LogP contribution in [0.15, 0.2) is 10.1 Å². The molecule has 10 heavy (non-hydrogen) atoms. The van der Waals surface area contributed by atoms with Crippen LogP contribution < -0.4 is 0 Å². The predicted molar refractivity (Wildman–Crippen MR) is 48.5 cm³/mol. The molecule has 60 valence electrons. The van der Waals surface area contributed by atoms with Crippen LogP contribution in [-0.4, -0.2) is 0 Å². The van der Waals surface area contributed by atoms with Crippen molar-refractivity contribution in [3.05, 3.63) is 10.1 Å². The minimum absolute atomic E-state index is 0.229. The summed E-state index contributed by atoms with van der Waals surface area (Å²) in [6, 6.07) is 0. The van der Waals surface area contributed by atoms with Crippen LogP contribution in [0.5, 0.6) is 0 Å². The van der Waals surface area contributed by atoms with Crippen LogP contribution in [0.2, 0.25) is 0 Å². The quantitative estimate of drug-likeness (QED) is 0.570. The van der Waals surface area contributed by atoms with Crippen LogP contribution in [0, 0.1) is 5.41 Å². The van der Waals surface area contributed by atoms with Gasteiger partial charge < -0.3 is 0 Å². The second-order valence-corrected chi connectivity index (χ2v) is 4.70. The van der Waals surface area contributed by atoms with Gasteiger partial charge in [-0.15, -0.1) is 0 Å². The van der Waals surface area contributed by atoms with Gasteiger partial charge in [0.05, 0.1) is 0 Å². The van der Waals surface area contributed by atoms with E-state index in [-0.39, 0.29) is 5.41 Å². The summed E-state index contributed by atoms with van der Waals surface area (Å²) in [7, 11) is 0. The summed E-state index contributed by atoms with van der Waals surface area (Å²) in [4.78, 5) is 0. The Morgan fingerprint density at radius 1 is 1.20 bits per heavy atom. The minimum Gasteiger partial charge on any atom is -0.0882 e. The molecule has 0 N–H and O–H groups in total. The lowest BCUT2D eigenvalue weighted by Gasteiger charge is -2.17. The van der Waals surface area contributed by atoms with Gasteiger partial charge in [0.2, 0.25) is 0 Å². The number of hydrogen-bond donors (Lipinski definition) is 0. The van der Waals surface area contributed by atoms with Crippen LogP contribution in [0.1, 0.15) is 34.1 Å². The molecule has 0 saturated heterocycles. The maximum atomic E-state index is 5.85. The fourth-order valence-corrected chi connectivity index (χ4v) is 1.06. The molecule has 0 radical (unpaired) electrons. The summed E-state index contributed by atoms with van der Waals surface area (Å²) in [6.45, 7) is 8.22. The van der Waals surface area contributed by atoms with Crippen molar-refractivity contribution in [2.75, 3.05) is 0 Å². The van der Waals surface area contributed by atoms with Crippen molar-refractivity contribution in [3.63, 3.8) is 0 Å². The smallest absolute Gasteiger partial charge is 0.0328 e. The van der Waals surface area contributed by atoms with E-state index in [4.69, 9.17) is 23.2 Å². The third kappa shape index (κ3) is 5.13. The molecule has 0 aromatic carbocycles. The topological polar surface area (TPSA) is 0 Å². The Bertz CT molecular complexity index is 136. The van der Waals surface area contributed by atoms with Crippen molar-refractivity contribution in [1.82, 2.24) is 0 Å². The molecular weight excluding hydrogens is 167 g/mol. The Hall–Kier alpha value is 0.320. The Kier molecular flexibility index (Phi) is 3.75. The number of allylic oxidation sites excluding steroid dienone is 2. The molecule has 0 aromatic heterocycles. The molecule has 0 saturated carbocycles. The van der Waals surface area contributed by atoms with Crippen LogP contribution in [-0.2, 0) is 0 Å². The van der Waals surface area contributed by atoms with Gasteiger partial charge in [0.1, 0.15) is 0 Å². The molecule has 2 heteroatoms. The Morgan fingerprint density at radius 2 is 1.60 bits per heavy atom. The predicted octanol–water partition coefficient (Wildman–Crippen LogP) is 4.13. The van der Waals surface area contributed by atoms with Crippen LogP contribution >= 0.6 is 23.2 Å². The summed E-state index contributed by atoms with van der Waals surface area (Å²) < 4.78 is 0. The summed E-state index contributed by atoms with van der Waals surface area (Å²) in [5.41, 5.74) is 0.229. The molecule has 0 aliphatic carbocycles. The molecule has 0 rings (SSSR count). The fraction of sp³-hybridized carbons (Fsp3) is 0.750. The standard InChI is InChI=1S/C8H14Cl2/c1-6(9)7(10)5-8(2,3)4/h5H2,1-4H3/b7-6+. The van der Waals surface area contributed by atoms with Gasteiger partial charge >= 0.3 is 0 Å². The van der Waals surface area contributed by atoms with Gasteiger partial charge in [-0.3, -0.25) is 0 Å². The zero-order valence-electron chi connectivity index (χ0n) is 6.96. The van der Waals surface area contributed by atoms with Gasteiger partial charge in [-0.25, -0.2) is 0 Å². The molecule has 0 amide bonds. The van der Waals surface area contributed by atoms with E-state index in [9.17, 15) is 0 Å². The molecule has 0 aromatic rings. The molecule has 0 nitrogen and oxygen atoms in total. The SMILES string of the molecule is C/C(Cl)=C(\Cl)CC(C)(C)C. The molecule has 0 heterocycles. The van der Waals surface area contributed by atoms with Crippen molar-refractivity contribution in [2.24, 2.45) is 5.41 Å². The normalized spacial score (nSPS) is 15.0. The zero-order chi connectivity index (χ0) is 8.36. The fourth-order valence-electron chi connectivity index (χ4n) is 0.587. The first-order valence-electron chi connectivity index (χ1n) is 3.34. The molecule has 0 fully saturated rings. The van der Waals surface area contributed by atoms with Crippen LogP contribution in [0.3, 0.4) is 0 Å². The Balaban J connectivity index is 4.06. The van der Waals surface area contributed by atoms with E-state index in [1.165, 1.54) is 0 Å². The lowest BCUT2D eigenvalue weighted by molar-refractivity contribution is 0.416. The maximum absolute atomic E-state index is 5.85. The van der Waals surface area contributed by atoms with Gasteiger partial charge in [-0.2, -0.15) is 0 Å². The Labute approximate surface area is 73.2 Å². The molecule has 0 aliphatic rings. The van der Waals surface area contributed by atoms with E-state index in [1.807, 2.05) is 6.92 Å². The van der Waals surface area contributed by atoms with Crippen molar-refractivity contribution >= 4 is 23.2 Å². The van der Waals surface area contributed by atoms with E-state index >= 15 is 0 Å². The average molecular weight is 181 g/mol. The van der Waals surface area contributed by atoms with Crippen molar-refractivity contribution in [1.29, 1.82) is 0 Å². The van der Waals surface area contributed by atoms with E-state index in [1.54, 1.807) is 0 Å². The molecule has 0 atom stereocenters. The van der Waals surface area contributed by atoms with E-state index in [2.05, 4.69) is 20.8 Å². The molecule has 0 aliphatic heterocycles. The lowest BCUT2D eigenvalue weighted by atomic mass is 9.92. The van der Waals surface area contributed by atoms with E-state index < -0.39 is 0 Å². The molecule has 0 bridgehead atoms. The lowest BCUT2D eigenvalue weighted by Crippen LogP contribution is -2.04. The first kappa shape index (κ1) is 10.3. The highest BCUT2D eigenvalue weighted by Gasteiger charge is 2.12. The van der Waals surface area contributed by atoms with Crippen LogP contribution in [0.25, 0.3) is 0 Å². The first-order valence-corrected chi connectivity index (χ1v) is 4.09. The monoisotopic (exact) mass is 180 g/mol. The highest BCUT2D eigenvalue weighted by Crippen LogP contribution is 2.28. The molecule has 0 unspecified atom stereocenters. The van der Waals surface area contributed by atoms with Gasteiger partial charge in [-0.1, -0.05) is 44.0 Å². The number of rotatable bonds is 1. The summed E-state index contributed by atoms with van der Waals surface area (Å²) in [5.74, 6) is 0. The van der Waals surface area contributed by atoms with Gasteiger partial charge in [-0.05, 0) is 18.8 Å². The first-order chi connectivity index (χ1) is 4.33. The van der Waals surface area contributed by atoms with E-state index in [0.717, 1.165) is 11.5 Å². The number of halogens is 2. The summed E-state index contributed by atoms with van der Waals surface area (Å²) >= 11 is 11.5. The second-order valence-electron chi connectivity index (χ2n) is 3.68. The third-order valence-electron chi connectivity index (χ3n) is 1.06. The Morgan fingerprint density at radius 3 is 1.70 bits per heavy atom.